The summed E-state index contributed by atoms with van der Waals surface area (Å²) in [5.41, 5.74) is -1.97. The summed E-state index contributed by atoms with van der Waals surface area (Å²) >= 11 is 5.95. The van der Waals surface area contributed by atoms with Crippen LogP contribution in [0.4, 0.5) is 26.3 Å². The van der Waals surface area contributed by atoms with E-state index in [1.165, 1.54) is 35.5 Å². The maximum Gasteiger partial charge on any atom is 0.436 e. The smallest absolute Gasteiger partial charge is 0.436 e. The van der Waals surface area contributed by atoms with Crippen LogP contribution >= 0.6 is 11.6 Å². The molecular formula is C24H18ClF6N9O2. The lowest BCUT2D eigenvalue weighted by Crippen LogP contribution is -2.36. The van der Waals surface area contributed by atoms with Crippen molar-refractivity contribution < 1.29 is 38.6 Å². The van der Waals surface area contributed by atoms with Gasteiger partial charge in [-0.1, -0.05) is 16.8 Å². The minimum absolute atomic E-state index is 0.159. The van der Waals surface area contributed by atoms with Crippen molar-refractivity contribution in [1.29, 1.82) is 0 Å². The summed E-state index contributed by atoms with van der Waals surface area (Å²) in [6, 6.07) is 3.27. The lowest BCUT2D eigenvalue weighted by atomic mass is 10.0. The molecule has 1 aromatic carbocycles. The van der Waals surface area contributed by atoms with E-state index in [-0.39, 0.29) is 21.7 Å². The molecule has 0 bridgehead atoms. The number of rotatable bonds is 9. The van der Waals surface area contributed by atoms with Gasteiger partial charge in [-0.3, -0.25) is 4.68 Å². The third-order valence-electron chi connectivity index (χ3n) is 6.02. The molecule has 4 aromatic heterocycles. The van der Waals surface area contributed by atoms with Gasteiger partial charge in [0.15, 0.2) is 23.5 Å². The van der Waals surface area contributed by atoms with Gasteiger partial charge >= 0.3 is 12.8 Å². The average Bonchev–Trinajstić information content (AvgIpc) is 3.69. The predicted molar refractivity (Wildman–Crippen MR) is 133 cm³/mol. The molecule has 0 unspecified atom stereocenters. The highest BCUT2D eigenvalue weighted by Crippen LogP contribution is 2.35. The van der Waals surface area contributed by atoms with Gasteiger partial charge in [-0.05, 0) is 18.2 Å². The number of benzene rings is 1. The van der Waals surface area contributed by atoms with E-state index in [1.54, 1.807) is 7.05 Å². The second kappa shape index (κ2) is 11.4. The first-order valence-electron chi connectivity index (χ1n) is 12.7. The summed E-state index contributed by atoms with van der Waals surface area (Å²) in [5.74, 6) is -0.725. The van der Waals surface area contributed by atoms with Crippen molar-refractivity contribution in [2.75, 3.05) is 6.56 Å². The Kier molecular flexibility index (Phi) is 7.16. The summed E-state index contributed by atoms with van der Waals surface area (Å²) in [7, 11) is 1.60. The van der Waals surface area contributed by atoms with Crippen LogP contribution in [0.5, 0.6) is 0 Å². The monoisotopic (exact) mass is 615 g/mol. The Balaban J connectivity index is 1.59. The maximum absolute atomic E-state index is 15.4. The molecule has 11 nitrogen and oxygen atoms in total. The fraction of sp³-hybridized carbons (Fsp3) is 0.250. The first-order valence-corrected chi connectivity index (χ1v) is 12.1. The third-order valence-corrected chi connectivity index (χ3v) is 6.31. The quantitative estimate of drug-likeness (QED) is 0.135. The predicted octanol–water partition coefficient (Wildman–Crippen LogP) is 4.59. The number of pyridine rings is 1. The van der Waals surface area contributed by atoms with Crippen molar-refractivity contribution in [1.82, 2.24) is 39.5 Å². The van der Waals surface area contributed by atoms with Gasteiger partial charge in [-0.2, -0.15) is 36.9 Å². The fourth-order valence-electron chi connectivity index (χ4n) is 4.12. The summed E-state index contributed by atoms with van der Waals surface area (Å²) in [6.45, 7) is -6.42. The summed E-state index contributed by atoms with van der Waals surface area (Å²) in [5, 5.41) is 27.6. The van der Waals surface area contributed by atoms with Crippen molar-refractivity contribution in [3.63, 3.8) is 0 Å². The van der Waals surface area contributed by atoms with Crippen LogP contribution in [-0.4, -0.2) is 52.7 Å². The highest BCUT2D eigenvalue weighted by atomic mass is 35.5. The lowest BCUT2D eigenvalue weighted by molar-refractivity contribution is -0.615. The molecule has 220 valence electrons. The van der Waals surface area contributed by atoms with E-state index >= 15 is 4.39 Å². The Hall–Kier alpha value is -4.51. The van der Waals surface area contributed by atoms with E-state index < -0.39 is 53.9 Å². The normalized spacial score (nSPS) is 13.8. The SMILES string of the molecule is [2H]C([2H])(C[C@@H](c1ccc(-c2c(-n3cc(C(F)(F)F)nn3)ccc(Cl)c2F)c[n+]1[O-])n1cc(-c2ncnn2C)cn1)OC(F)F. The van der Waals surface area contributed by atoms with Crippen LogP contribution < -0.4 is 4.73 Å². The third kappa shape index (κ3) is 5.78. The number of aromatic nitrogens is 9. The molecule has 1 atom stereocenters. The number of hydrogen-bond donors (Lipinski definition) is 0. The molecule has 0 amide bonds. The zero-order valence-corrected chi connectivity index (χ0v) is 21.8. The lowest BCUT2D eigenvalue weighted by Gasteiger charge is -2.18. The molecule has 18 heteroatoms. The van der Waals surface area contributed by atoms with E-state index in [1.807, 2.05) is 0 Å². The van der Waals surface area contributed by atoms with Crippen LogP contribution in [-0.2, 0) is 18.0 Å². The maximum atomic E-state index is 15.4. The topological polar surface area (TPSA) is 115 Å². The number of hydrogen-bond acceptors (Lipinski definition) is 7. The number of nitrogens with zero attached hydrogens (tertiary/aromatic N) is 9. The molecule has 5 rings (SSSR count). The highest BCUT2D eigenvalue weighted by molar-refractivity contribution is 6.31. The van der Waals surface area contributed by atoms with E-state index in [4.69, 9.17) is 14.3 Å². The van der Waals surface area contributed by atoms with Crippen LogP contribution in [0.3, 0.4) is 0 Å². The molecule has 5 aromatic rings. The Bertz CT molecular complexity index is 1810. The molecule has 0 N–H and O–H groups in total. The van der Waals surface area contributed by atoms with Crippen molar-refractivity contribution in [3.8, 4) is 28.2 Å². The molecule has 0 radical (unpaired) electrons. The zero-order chi connectivity index (χ0) is 32.0. The molecule has 0 fully saturated rings. The first-order chi connectivity index (χ1) is 20.6. The Morgan fingerprint density at radius 3 is 2.57 bits per heavy atom. The van der Waals surface area contributed by atoms with Gasteiger partial charge in [0.25, 0.3) is 0 Å². The molecule has 0 saturated heterocycles. The van der Waals surface area contributed by atoms with Gasteiger partial charge in [-0.15, -0.1) is 5.10 Å². The summed E-state index contributed by atoms with van der Waals surface area (Å²) in [6.07, 6.45) is -0.275. The van der Waals surface area contributed by atoms with Crippen molar-refractivity contribution >= 4 is 11.6 Å². The Morgan fingerprint density at radius 1 is 1.14 bits per heavy atom. The summed E-state index contributed by atoms with van der Waals surface area (Å²) in [4.78, 5) is 4.08. The largest absolute Gasteiger partial charge is 0.618 e. The standard InChI is InChI=1S/C24H18ClF6N9O2/c1-37-22(32-12-34-37)14-8-33-38(9-14)16(6-7-42-23(27)28)17-4-2-13(10-40(17)41)20-18(5-3-15(25)21(20)26)39-11-19(35-36-39)24(29,30)31/h2-5,8-12,16,23H,6-7H2,1H3/t16-/m0/s1/i7D2. The van der Waals surface area contributed by atoms with Gasteiger partial charge in [0, 0.05) is 25.7 Å². The van der Waals surface area contributed by atoms with Crippen molar-refractivity contribution in [3.05, 3.63) is 82.8 Å². The summed E-state index contributed by atoms with van der Waals surface area (Å²) < 4.78 is 104. The molecular weight excluding hydrogens is 596 g/mol. The molecule has 0 aliphatic heterocycles. The van der Waals surface area contributed by atoms with Crippen LogP contribution in [0.1, 0.15) is 26.6 Å². The second-order valence-corrected chi connectivity index (χ2v) is 9.04. The van der Waals surface area contributed by atoms with Gasteiger partial charge in [-0.25, -0.2) is 18.7 Å². The fourth-order valence-corrected chi connectivity index (χ4v) is 4.28. The van der Waals surface area contributed by atoms with Crippen LogP contribution in [0.15, 0.2) is 55.4 Å². The molecule has 4 heterocycles. The molecule has 0 saturated carbocycles. The molecule has 0 aliphatic rings. The van der Waals surface area contributed by atoms with E-state index in [0.29, 0.717) is 22.3 Å². The number of alkyl halides is 5. The Labute approximate surface area is 239 Å². The molecule has 42 heavy (non-hydrogen) atoms. The van der Waals surface area contributed by atoms with Crippen LogP contribution in [0.2, 0.25) is 5.02 Å². The van der Waals surface area contributed by atoms with E-state index in [2.05, 4.69) is 30.2 Å². The van der Waals surface area contributed by atoms with Crippen LogP contribution in [0, 0.1) is 11.0 Å². The number of halogens is 7. The highest BCUT2D eigenvalue weighted by Gasteiger charge is 2.35. The average molecular weight is 616 g/mol. The van der Waals surface area contributed by atoms with Crippen molar-refractivity contribution in [2.45, 2.75) is 25.3 Å². The van der Waals surface area contributed by atoms with Crippen molar-refractivity contribution in [2.24, 2.45) is 7.05 Å². The molecule has 0 aliphatic carbocycles. The minimum Gasteiger partial charge on any atom is -0.618 e. The second-order valence-electron chi connectivity index (χ2n) is 8.63. The number of aryl methyl sites for hydroxylation is 1. The Morgan fingerprint density at radius 2 is 1.93 bits per heavy atom. The van der Waals surface area contributed by atoms with Gasteiger partial charge in [0.2, 0.25) is 5.69 Å². The van der Waals surface area contributed by atoms with Gasteiger partial charge < -0.3 is 9.94 Å². The van der Waals surface area contributed by atoms with Gasteiger partial charge in [0.05, 0.1) is 49.1 Å². The van der Waals surface area contributed by atoms with Gasteiger partial charge in [0.1, 0.15) is 12.4 Å². The number of ether oxygens (including phenoxy) is 1. The zero-order valence-electron chi connectivity index (χ0n) is 23.0. The van der Waals surface area contributed by atoms with E-state index in [9.17, 15) is 27.2 Å². The van der Waals surface area contributed by atoms with E-state index in [0.717, 1.165) is 23.0 Å². The molecule has 0 spiro atoms. The minimum atomic E-state index is -4.84. The first kappa shape index (κ1) is 26.4. The van der Waals surface area contributed by atoms with Crippen LogP contribution in [0.25, 0.3) is 28.2 Å².